The van der Waals surface area contributed by atoms with Gasteiger partial charge in [-0.2, -0.15) is 12.6 Å². The monoisotopic (exact) mass is 230 g/mol. The van der Waals surface area contributed by atoms with Gasteiger partial charge in [0.2, 0.25) is 0 Å². The van der Waals surface area contributed by atoms with Crippen molar-refractivity contribution in [3.63, 3.8) is 0 Å². The van der Waals surface area contributed by atoms with E-state index in [1.54, 1.807) is 0 Å². The highest BCUT2D eigenvalue weighted by molar-refractivity contribution is 7.80. The number of ether oxygens (including phenoxy) is 1. The van der Waals surface area contributed by atoms with E-state index in [4.69, 9.17) is 4.74 Å². The SMILES string of the molecule is CC(CCS)CCOC1CCCC(C)C1. The highest BCUT2D eigenvalue weighted by Gasteiger charge is 2.19. The molecular formula is C13H26OS. The van der Waals surface area contributed by atoms with Crippen LogP contribution in [0.2, 0.25) is 0 Å². The summed E-state index contributed by atoms with van der Waals surface area (Å²) in [5, 5.41) is 0. The van der Waals surface area contributed by atoms with Gasteiger partial charge in [-0.05, 0) is 43.3 Å². The Kier molecular flexibility index (Phi) is 6.74. The van der Waals surface area contributed by atoms with Gasteiger partial charge in [0, 0.05) is 6.61 Å². The summed E-state index contributed by atoms with van der Waals surface area (Å²) >= 11 is 4.25. The van der Waals surface area contributed by atoms with Crippen LogP contribution < -0.4 is 0 Å². The molecule has 0 saturated heterocycles. The lowest BCUT2D eigenvalue weighted by atomic mass is 9.89. The van der Waals surface area contributed by atoms with E-state index in [2.05, 4.69) is 26.5 Å². The smallest absolute Gasteiger partial charge is 0.0577 e. The van der Waals surface area contributed by atoms with Crippen LogP contribution in [0.3, 0.4) is 0 Å². The third-order valence-corrected chi connectivity index (χ3v) is 3.73. The van der Waals surface area contributed by atoms with Crippen LogP contribution in [-0.4, -0.2) is 18.5 Å². The first-order valence-corrected chi connectivity index (χ1v) is 7.08. The molecule has 2 heteroatoms. The molecule has 0 radical (unpaired) electrons. The maximum atomic E-state index is 5.95. The molecule has 0 N–H and O–H groups in total. The standard InChI is InChI=1S/C13H26OS/c1-11(7-9-15)6-8-14-13-5-3-4-12(2)10-13/h11-13,15H,3-10H2,1-2H3. The first-order valence-electron chi connectivity index (χ1n) is 6.44. The Morgan fingerprint density at radius 1 is 1.33 bits per heavy atom. The largest absolute Gasteiger partial charge is 0.378 e. The fraction of sp³-hybridized carbons (Fsp3) is 1.00. The van der Waals surface area contributed by atoms with Crippen molar-refractivity contribution in [2.75, 3.05) is 12.4 Å². The third kappa shape index (κ3) is 5.82. The van der Waals surface area contributed by atoms with E-state index in [9.17, 15) is 0 Å². The molecule has 0 aromatic rings. The molecule has 90 valence electrons. The van der Waals surface area contributed by atoms with Gasteiger partial charge in [-0.15, -0.1) is 0 Å². The van der Waals surface area contributed by atoms with Gasteiger partial charge in [0.05, 0.1) is 6.10 Å². The number of thiol groups is 1. The zero-order valence-electron chi connectivity index (χ0n) is 10.2. The van der Waals surface area contributed by atoms with E-state index in [-0.39, 0.29) is 0 Å². The van der Waals surface area contributed by atoms with E-state index in [0.29, 0.717) is 6.10 Å². The van der Waals surface area contributed by atoms with Crippen molar-refractivity contribution in [3.8, 4) is 0 Å². The van der Waals surface area contributed by atoms with Crippen molar-refractivity contribution in [1.29, 1.82) is 0 Å². The second-order valence-corrected chi connectivity index (χ2v) is 5.62. The van der Waals surface area contributed by atoms with Crippen LogP contribution in [0.4, 0.5) is 0 Å². The van der Waals surface area contributed by atoms with Gasteiger partial charge in [-0.25, -0.2) is 0 Å². The first-order chi connectivity index (χ1) is 7.22. The average Bonchev–Trinajstić information content (AvgIpc) is 2.18. The van der Waals surface area contributed by atoms with Crippen molar-refractivity contribution >= 4 is 12.6 Å². The van der Waals surface area contributed by atoms with Crippen molar-refractivity contribution in [3.05, 3.63) is 0 Å². The second-order valence-electron chi connectivity index (χ2n) is 5.17. The molecule has 1 fully saturated rings. The molecule has 0 spiro atoms. The van der Waals surface area contributed by atoms with Crippen molar-refractivity contribution in [1.82, 2.24) is 0 Å². The predicted molar refractivity (Wildman–Crippen MR) is 69.6 cm³/mol. The molecule has 1 aliphatic carbocycles. The highest BCUT2D eigenvalue weighted by Crippen LogP contribution is 2.26. The molecule has 1 nitrogen and oxygen atoms in total. The summed E-state index contributed by atoms with van der Waals surface area (Å²) in [6, 6.07) is 0. The molecule has 0 aromatic carbocycles. The van der Waals surface area contributed by atoms with Gasteiger partial charge in [-0.3, -0.25) is 0 Å². The van der Waals surface area contributed by atoms with Crippen LogP contribution in [0, 0.1) is 11.8 Å². The molecule has 0 heterocycles. The number of hydrogen-bond acceptors (Lipinski definition) is 2. The van der Waals surface area contributed by atoms with Crippen LogP contribution in [0.1, 0.15) is 52.4 Å². The minimum absolute atomic E-state index is 0.553. The quantitative estimate of drug-likeness (QED) is 0.680. The highest BCUT2D eigenvalue weighted by atomic mass is 32.1. The Bertz CT molecular complexity index is 161. The molecule has 0 aliphatic heterocycles. The Labute approximate surface area is 100 Å². The minimum Gasteiger partial charge on any atom is -0.378 e. The lowest BCUT2D eigenvalue weighted by molar-refractivity contribution is 0.00991. The minimum atomic E-state index is 0.553. The number of hydrogen-bond donors (Lipinski definition) is 1. The number of rotatable bonds is 6. The summed E-state index contributed by atoms with van der Waals surface area (Å²) in [6.45, 7) is 5.59. The van der Waals surface area contributed by atoms with Crippen LogP contribution in [-0.2, 0) is 4.74 Å². The Morgan fingerprint density at radius 3 is 2.80 bits per heavy atom. The van der Waals surface area contributed by atoms with Gasteiger partial charge in [0.25, 0.3) is 0 Å². The zero-order valence-corrected chi connectivity index (χ0v) is 11.1. The lowest BCUT2D eigenvalue weighted by Gasteiger charge is -2.27. The molecule has 0 aromatic heterocycles. The summed E-state index contributed by atoms with van der Waals surface area (Å²) in [4.78, 5) is 0. The maximum Gasteiger partial charge on any atom is 0.0577 e. The van der Waals surface area contributed by atoms with Crippen molar-refractivity contribution < 1.29 is 4.74 Å². The molecule has 15 heavy (non-hydrogen) atoms. The van der Waals surface area contributed by atoms with Crippen molar-refractivity contribution in [2.24, 2.45) is 11.8 Å². The lowest BCUT2D eigenvalue weighted by Crippen LogP contribution is -2.22. The van der Waals surface area contributed by atoms with E-state index >= 15 is 0 Å². The predicted octanol–water partition coefficient (Wildman–Crippen LogP) is 3.93. The van der Waals surface area contributed by atoms with Gasteiger partial charge < -0.3 is 4.74 Å². The summed E-state index contributed by atoms with van der Waals surface area (Å²) in [5.74, 6) is 2.64. The summed E-state index contributed by atoms with van der Waals surface area (Å²) in [7, 11) is 0. The molecule has 1 aliphatic rings. The maximum absolute atomic E-state index is 5.95. The molecule has 3 atom stereocenters. The Balaban J connectivity index is 2.03. The Hall–Kier alpha value is 0.310. The zero-order chi connectivity index (χ0) is 11.1. The first kappa shape index (κ1) is 13.4. The van der Waals surface area contributed by atoms with Gasteiger partial charge >= 0.3 is 0 Å². The van der Waals surface area contributed by atoms with Crippen LogP contribution in [0.25, 0.3) is 0 Å². The summed E-state index contributed by atoms with van der Waals surface area (Å²) in [6.07, 6.45) is 8.29. The van der Waals surface area contributed by atoms with Crippen LogP contribution in [0.5, 0.6) is 0 Å². The van der Waals surface area contributed by atoms with Crippen LogP contribution in [0.15, 0.2) is 0 Å². The molecular weight excluding hydrogens is 204 g/mol. The molecule has 1 rings (SSSR count). The van der Waals surface area contributed by atoms with Crippen LogP contribution >= 0.6 is 12.6 Å². The van der Waals surface area contributed by atoms with Gasteiger partial charge in [0.1, 0.15) is 0 Å². The summed E-state index contributed by atoms with van der Waals surface area (Å²) < 4.78 is 5.95. The van der Waals surface area contributed by atoms with Crippen molar-refractivity contribution in [2.45, 2.75) is 58.5 Å². The van der Waals surface area contributed by atoms with Gasteiger partial charge in [0.15, 0.2) is 0 Å². The molecule has 0 amide bonds. The topological polar surface area (TPSA) is 9.23 Å². The Morgan fingerprint density at radius 2 is 2.13 bits per heavy atom. The van der Waals surface area contributed by atoms with E-state index < -0.39 is 0 Å². The fourth-order valence-electron chi connectivity index (χ4n) is 2.33. The molecule has 1 saturated carbocycles. The van der Waals surface area contributed by atoms with E-state index in [1.807, 2.05) is 0 Å². The fourth-order valence-corrected chi connectivity index (χ4v) is 2.77. The van der Waals surface area contributed by atoms with E-state index in [1.165, 1.54) is 38.5 Å². The second kappa shape index (κ2) is 7.56. The van der Waals surface area contributed by atoms with E-state index in [0.717, 1.165) is 24.2 Å². The molecule has 0 bridgehead atoms. The molecule has 3 unspecified atom stereocenters. The third-order valence-electron chi connectivity index (χ3n) is 3.47. The summed E-state index contributed by atoms with van der Waals surface area (Å²) in [5.41, 5.74) is 0. The average molecular weight is 230 g/mol. The van der Waals surface area contributed by atoms with Gasteiger partial charge in [-0.1, -0.05) is 26.7 Å². The normalized spacial score (nSPS) is 29.0.